The standard InChI is InChI=1S/C14H12Cl2N4O/c1-8-11-13(17-7-18-14(11)21-19-8)20(2)6-9-4-3-5-10(15)12(9)16/h3-5,7H,6H2,1-2H3. The molecule has 0 aliphatic heterocycles. The van der Waals surface area contributed by atoms with Crippen LogP contribution >= 0.6 is 23.2 Å². The Hall–Kier alpha value is -1.85. The predicted molar refractivity (Wildman–Crippen MR) is 82.9 cm³/mol. The number of benzene rings is 1. The van der Waals surface area contributed by atoms with Crippen molar-refractivity contribution in [3.63, 3.8) is 0 Å². The van der Waals surface area contributed by atoms with Crippen molar-refractivity contribution in [2.75, 3.05) is 11.9 Å². The van der Waals surface area contributed by atoms with Crippen molar-refractivity contribution in [2.45, 2.75) is 13.5 Å². The number of nitrogens with zero attached hydrogens (tertiary/aromatic N) is 4. The largest absolute Gasteiger partial charge is 0.355 e. The van der Waals surface area contributed by atoms with Gasteiger partial charge < -0.3 is 9.42 Å². The van der Waals surface area contributed by atoms with Gasteiger partial charge in [0.1, 0.15) is 17.5 Å². The van der Waals surface area contributed by atoms with Crippen LogP contribution in [0.15, 0.2) is 29.0 Å². The first kappa shape index (κ1) is 14.1. The normalized spacial score (nSPS) is 11.0. The third-order valence-electron chi connectivity index (χ3n) is 3.22. The van der Waals surface area contributed by atoms with Gasteiger partial charge >= 0.3 is 0 Å². The summed E-state index contributed by atoms with van der Waals surface area (Å²) in [5.74, 6) is 0.745. The van der Waals surface area contributed by atoms with Crippen LogP contribution in [-0.2, 0) is 6.54 Å². The first-order chi connectivity index (χ1) is 10.1. The molecular formula is C14H12Cl2N4O. The minimum Gasteiger partial charge on any atom is -0.355 e. The molecule has 0 aliphatic carbocycles. The second kappa shape index (κ2) is 5.50. The number of halogens is 2. The third kappa shape index (κ3) is 2.54. The zero-order chi connectivity index (χ0) is 15.0. The monoisotopic (exact) mass is 322 g/mol. The van der Waals surface area contributed by atoms with Gasteiger partial charge in [-0.3, -0.25) is 0 Å². The number of rotatable bonds is 3. The van der Waals surface area contributed by atoms with E-state index in [9.17, 15) is 0 Å². The average Bonchev–Trinajstić information content (AvgIpc) is 2.85. The van der Waals surface area contributed by atoms with Crippen LogP contribution in [0.5, 0.6) is 0 Å². The maximum Gasteiger partial charge on any atom is 0.263 e. The molecule has 3 rings (SSSR count). The molecule has 5 nitrogen and oxygen atoms in total. The molecule has 0 N–H and O–H groups in total. The summed E-state index contributed by atoms with van der Waals surface area (Å²) in [7, 11) is 1.92. The zero-order valence-corrected chi connectivity index (χ0v) is 13.0. The van der Waals surface area contributed by atoms with Crippen molar-refractivity contribution in [3.8, 4) is 0 Å². The molecule has 0 bridgehead atoms. The lowest BCUT2D eigenvalue weighted by Crippen LogP contribution is -2.18. The molecule has 0 atom stereocenters. The number of hydrogen-bond donors (Lipinski definition) is 0. The van der Waals surface area contributed by atoms with E-state index >= 15 is 0 Å². The maximum atomic E-state index is 6.23. The molecule has 0 amide bonds. The Kier molecular flexibility index (Phi) is 3.69. The van der Waals surface area contributed by atoms with Crippen LogP contribution in [0.1, 0.15) is 11.3 Å². The molecule has 2 heterocycles. The molecular weight excluding hydrogens is 311 g/mol. The van der Waals surface area contributed by atoms with Crippen LogP contribution < -0.4 is 4.90 Å². The van der Waals surface area contributed by atoms with E-state index in [1.54, 1.807) is 6.07 Å². The summed E-state index contributed by atoms with van der Waals surface area (Å²) in [6.07, 6.45) is 1.46. The van der Waals surface area contributed by atoms with Gasteiger partial charge in [-0.15, -0.1) is 0 Å². The summed E-state index contributed by atoms with van der Waals surface area (Å²) in [5.41, 5.74) is 2.15. The van der Waals surface area contributed by atoms with Gasteiger partial charge in [-0.05, 0) is 18.6 Å². The molecule has 3 aromatic rings. The Bertz CT molecular complexity index is 803. The second-order valence-corrected chi connectivity index (χ2v) is 5.50. The summed E-state index contributed by atoms with van der Waals surface area (Å²) in [4.78, 5) is 10.4. The van der Waals surface area contributed by atoms with Crippen molar-refractivity contribution in [3.05, 3.63) is 45.8 Å². The molecule has 21 heavy (non-hydrogen) atoms. The van der Waals surface area contributed by atoms with E-state index < -0.39 is 0 Å². The van der Waals surface area contributed by atoms with Gasteiger partial charge in [-0.2, -0.15) is 4.98 Å². The quantitative estimate of drug-likeness (QED) is 0.732. The minimum absolute atomic E-state index is 0.474. The molecule has 0 saturated heterocycles. The molecule has 0 radical (unpaired) electrons. The fraction of sp³-hybridized carbons (Fsp3) is 0.214. The molecule has 7 heteroatoms. The number of fused-ring (bicyclic) bond motifs is 1. The highest BCUT2D eigenvalue weighted by atomic mass is 35.5. The molecule has 0 fully saturated rings. The average molecular weight is 323 g/mol. The number of anilines is 1. The molecule has 0 spiro atoms. The van der Waals surface area contributed by atoms with Gasteiger partial charge in [0.25, 0.3) is 5.71 Å². The smallest absolute Gasteiger partial charge is 0.263 e. The fourth-order valence-electron chi connectivity index (χ4n) is 2.19. The molecule has 2 aromatic heterocycles. The molecule has 0 unspecified atom stereocenters. The Labute approximate surface area is 131 Å². The Morgan fingerprint density at radius 2 is 2.05 bits per heavy atom. The molecule has 1 aromatic carbocycles. The van der Waals surface area contributed by atoms with E-state index in [0.29, 0.717) is 22.3 Å². The number of aryl methyl sites for hydroxylation is 1. The summed E-state index contributed by atoms with van der Waals surface area (Å²) < 4.78 is 5.16. The SMILES string of the molecule is Cc1noc2ncnc(N(C)Cc3cccc(Cl)c3Cl)c12. The third-order valence-corrected chi connectivity index (χ3v) is 4.08. The Balaban J connectivity index is 1.99. The van der Waals surface area contributed by atoms with Gasteiger partial charge in [0, 0.05) is 13.6 Å². The van der Waals surface area contributed by atoms with Crippen LogP contribution in [-0.4, -0.2) is 22.2 Å². The predicted octanol–water partition coefficient (Wildman–Crippen LogP) is 3.87. The number of aromatic nitrogens is 3. The Morgan fingerprint density at radius 3 is 2.86 bits per heavy atom. The topological polar surface area (TPSA) is 55.1 Å². The van der Waals surface area contributed by atoms with Gasteiger partial charge in [0.15, 0.2) is 0 Å². The highest BCUT2D eigenvalue weighted by Crippen LogP contribution is 2.29. The van der Waals surface area contributed by atoms with E-state index in [0.717, 1.165) is 22.5 Å². The van der Waals surface area contributed by atoms with Gasteiger partial charge in [0.05, 0.1) is 15.7 Å². The zero-order valence-electron chi connectivity index (χ0n) is 11.5. The molecule has 0 aliphatic rings. The van der Waals surface area contributed by atoms with E-state index in [1.165, 1.54) is 6.33 Å². The van der Waals surface area contributed by atoms with Crippen LogP contribution in [0.3, 0.4) is 0 Å². The van der Waals surface area contributed by atoms with Crippen LogP contribution in [0.2, 0.25) is 10.0 Å². The first-order valence-electron chi connectivity index (χ1n) is 6.29. The first-order valence-corrected chi connectivity index (χ1v) is 7.04. The Morgan fingerprint density at radius 1 is 1.24 bits per heavy atom. The summed E-state index contributed by atoms with van der Waals surface area (Å²) in [5, 5.41) is 5.82. The van der Waals surface area contributed by atoms with Crippen molar-refractivity contribution < 1.29 is 4.52 Å². The van der Waals surface area contributed by atoms with E-state index in [1.807, 2.05) is 31.0 Å². The van der Waals surface area contributed by atoms with Crippen LogP contribution in [0.4, 0.5) is 5.82 Å². The minimum atomic E-state index is 0.474. The van der Waals surface area contributed by atoms with E-state index in [-0.39, 0.29) is 0 Å². The van der Waals surface area contributed by atoms with Crippen molar-refractivity contribution in [1.29, 1.82) is 0 Å². The van der Waals surface area contributed by atoms with Crippen molar-refractivity contribution in [2.24, 2.45) is 0 Å². The maximum absolute atomic E-state index is 6.23. The van der Waals surface area contributed by atoms with Gasteiger partial charge in [-0.1, -0.05) is 40.5 Å². The lowest BCUT2D eigenvalue weighted by Gasteiger charge is -2.19. The second-order valence-electron chi connectivity index (χ2n) is 4.71. The van der Waals surface area contributed by atoms with Crippen molar-refractivity contribution in [1.82, 2.24) is 15.1 Å². The van der Waals surface area contributed by atoms with Crippen molar-refractivity contribution >= 4 is 40.1 Å². The summed E-state index contributed by atoms with van der Waals surface area (Å²) in [6.45, 7) is 2.43. The lowest BCUT2D eigenvalue weighted by molar-refractivity contribution is 0.442. The summed E-state index contributed by atoms with van der Waals surface area (Å²) >= 11 is 12.3. The highest BCUT2D eigenvalue weighted by Gasteiger charge is 2.16. The lowest BCUT2D eigenvalue weighted by atomic mass is 10.2. The molecule has 0 saturated carbocycles. The van der Waals surface area contributed by atoms with Crippen LogP contribution in [0, 0.1) is 6.92 Å². The van der Waals surface area contributed by atoms with E-state index in [2.05, 4.69) is 15.1 Å². The fourth-order valence-corrected chi connectivity index (χ4v) is 2.57. The van der Waals surface area contributed by atoms with Gasteiger partial charge in [0.2, 0.25) is 0 Å². The molecule has 108 valence electrons. The number of hydrogen-bond acceptors (Lipinski definition) is 5. The van der Waals surface area contributed by atoms with Crippen LogP contribution in [0.25, 0.3) is 11.1 Å². The van der Waals surface area contributed by atoms with E-state index in [4.69, 9.17) is 27.7 Å². The highest BCUT2D eigenvalue weighted by molar-refractivity contribution is 6.42. The summed E-state index contributed by atoms with van der Waals surface area (Å²) in [6, 6.07) is 5.57. The van der Waals surface area contributed by atoms with Gasteiger partial charge in [-0.25, -0.2) is 4.98 Å².